The highest BCUT2D eigenvalue weighted by molar-refractivity contribution is 7.14. The molecule has 0 aliphatic heterocycles. The van der Waals surface area contributed by atoms with Crippen LogP contribution in [0.1, 0.15) is 39.5 Å². The number of thiophene rings is 1. The number of ether oxygens (including phenoxy) is 1. The van der Waals surface area contributed by atoms with Crippen molar-refractivity contribution in [1.82, 2.24) is 15.0 Å². The number of aromatic nitrogens is 3. The molecule has 1 aromatic carbocycles. The number of nitrogens with zero attached hydrogens (tertiary/aromatic N) is 3. The molecule has 0 radical (unpaired) electrons. The summed E-state index contributed by atoms with van der Waals surface area (Å²) >= 11 is 7.68. The van der Waals surface area contributed by atoms with Gasteiger partial charge < -0.3 is 10.5 Å². The average molecular weight is 455 g/mol. The first kappa shape index (κ1) is 22.8. The molecule has 0 aliphatic rings. The van der Waals surface area contributed by atoms with Crippen LogP contribution in [0.15, 0.2) is 55.2 Å². The number of halogens is 1. The number of hydrogen-bond acceptors (Lipinski definition) is 7. The molecule has 31 heavy (non-hydrogen) atoms. The van der Waals surface area contributed by atoms with Crippen molar-refractivity contribution < 1.29 is 9.53 Å². The highest BCUT2D eigenvalue weighted by atomic mass is 35.5. The van der Waals surface area contributed by atoms with E-state index in [9.17, 15) is 4.79 Å². The van der Waals surface area contributed by atoms with Crippen LogP contribution in [-0.2, 0) is 24.4 Å². The van der Waals surface area contributed by atoms with E-state index >= 15 is 0 Å². The van der Waals surface area contributed by atoms with Crippen molar-refractivity contribution >= 4 is 45.3 Å². The van der Waals surface area contributed by atoms with Crippen LogP contribution in [0.5, 0.6) is 0 Å². The van der Waals surface area contributed by atoms with E-state index in [-0.39, 0.29) is 13.2 Å². The Morgan fingerprint density at radius 1 is 1.10 bits per heavy atom. The molecule has 3 heterocycles. The van der Waals surface area contributed by atoms with Gasteiger partial charge in [-0.1, -0.05) is 37.2 Å². The molecule has 3 aromatic heterocycles. The lowest BCUT2D eigenvalue weighted by atomic mass is 10.0. The Labute approximate surface area is 190 Å². The quantitative estimate of drug-likeness (QED) is 0.354. The van der Waals surface area contributed by atoms with Crippen molar-refractivity contribution in [1.29, 1.82) is 0 Å². The molecule has 160 valence electrons. The van der Waals surface area contributed by atoms with Gasteiger partial charge in [0.25, 0.3) is 0 Å². The van der Waals surface area contributed by atoms with Gasteiger partial charge in [-0.15, -0.1) is 11.3 Å². The van der Waals surface area contributed by atoms with Crippen LogP contribution < -0.4 is 5.73 Å². The minimum atomic E-state index is 0. The van der Waals surface area contributed by atoms with Gasteiger partial charge in [-0.05, 0) is 29.5 Å². The van der Waals surface area contributed by atoms with E-state index < -0.39 is 0 Å². The first-order valence-corrected chi connectivity index (χ1v) is 10.6. The van der Waals surface area contributed by atoms with Crippen LogP contribution >= 0.6 is 22.9 Å². The highest BCUT2D eigenvalue weighted by Crippen LogP contribution is 2.29. The second-order valence-corrected chi connectivity index (χ2v) is 8.34. The van der Waals surface area contributed by atoms with Crippen molar-refractivity contribution in [2.45, 2.75) is 33.5 Å². The zero-order valence-electron chi connectivity index (χ0n) is 16.0. The minimum Gasteiger partial charge on any atom is -0.383 e. The number of anilines is 1. The van der Waals surface area contributed by atoms with E-state index in [1.807, 2.05) is 18.2 Å². The van der Waals surface area contributed by atoms with E-state index in [1.165, 1.54) is 17.7 Å². The molecular formula is C23H23ClN4O2S. The summed E-state index contributed by atoms with van der Waals surface area (Å²) in [4.78, 5) is 26.2. The molecular weight excluding hydrogens is 432 g/mol. The van der Waals surface area contributed by atoms with Crippen molar-refractivity contribution in [2.75, 3.05) is 5.73 Å². The van der Waals surface area contributed by atoms with Gasteiger partial charge in [-0.25, -0.2) is 15.0 Å². The third-order valence-electron chi connectivity index (χ3n) is 4.65. The summed E-state index contributed by atoms with van der Waals surface area (Å²) in [5.41, 5.74) is 7.86. The molecule has 0 aliphatic carbocycles. The highest BCUT2D eigenvalue weighted by Gasteiger charge is 2.14. The third-order valence-corrected chi connectivity index (χ3v) is 6.25. The minimum absolute atomic E-state index is 0. The topological polar surface area (TPSA) is 91.0 Å². The molecule has 0 saturated carbocycles. The molecule has 6 nitrogen and oxygen atoms in total. The van der Waals surface area contributed by atoms with Crippen LogP contribution in [0.4, 0.5) is 5.82 Å². The van der Waals surface area contributed by atoms with Crippen molar-refractivity contribution in [3.63, 3.8) is 0 Å². The first-order chi connectivity index (χ1) is 14.6. The Morgan fingerprint density at radius 3 is 2.71 bits per heavy atom. The number of nitrogen functional groups attached to an aromatic ring is 1. The van der Waals surface area contributed by atoms with Gasteiger partial charge in [0.05, 0.1) is 23.1 Å². The molecule has 0 unspecified atom stereocenters. The number of carbonyl (C=O) groups is 1. The monoisotopic (exact) mass is 454 g/mol. The van der Waals surface area contributed by atoms with Crippen molar-refractivity contribution in [3.05, 3.63) is 81.2 Å². The number of hydrogen-bond donors (Lipinski definition) is 1. The van der Waals surface area contributed by atoms with Gasteiger partial charge in [0.15, 0.2) is 5.78 Å². The maximum absolute atomic E-state index is 12.7. The van der Waals surface area contributed by atoms with Crippen LogP contribution in [0.25, 0.3) is 10.8 Å². The molecule has 0 amide bonds. The summed E-state index contributed by atoms with van der Waals surface area (Å²) in [6.07, 6.45) is 7.62. The van der Waals surface area contributed by atoms with E-state index in [0.717, 1.165) is 26.8 Å². The normalized spacial score (nSPS) is 10.7. The Hall–Kier alpha value is -2.87. The number of pyridine rings is 1. The number of rotatable bonds is 8. The first-order valence-electron chi connectivity index (χ1n) is 9.36. The van der Waals surface area contributed by atoms with E-state index in [1.54, 1.807) is 24.7 Å². The lowest BCUT2D eigenvalue weighted by molar-refractivity contribution is 0.0986. The smallest absolute Gasteiger partial charge is 0.173 e. The molecule has 0 bridgehead atoms. The van der Waals surface area contributed by atoms with E-state index in [2.05, 4.69) is 21.0 Å². The largest absolute Gasteiger partial charge is 0.383 e. The number of fused-ring (bicyclic) bond motifs is 1. The summed E-state index contributed by atoms with van der Waals surface area (Å²) in [6.45, 7) is 0.728. The van der Waals surface area contributed by atoms with Gasteiger partial charge in [-0.3, -0.25) is 4.79 Å². The summed E-state index contributed by atoms with van der Waals surface area (Å²) in [6, 6.07) is 9.64. The maximum atomic E-state index is 12.7. The number of benzene rings is 1. The molecule has 0 atom stereocenters. The Morgan fingerprint density at radius 2 is 1.90 bits per heavy atom. The fourth-order valence-corrected chi connectivity index (χ4v) is 4.40. The van der Waals surface area contributed by atoms with Gasteiger partial charge >= 0.3 is 0 Å². The molecule has 8 heteroatoms. The molecule has 0 saturated heterocycles. The SMILES string of the molecule is C.Nc1nccc2cc(CCC(=O)c3cc(Cl)c(COCc4cncnc4)s3)ccc12. The van der Waals surface area contributed by atoms with E-state index in [4.69, 9.17) is 22.1 Å². The zero-order chi connectivity index (χ0) is 20.9. The predicted octanol–water partition coefficient (Wildman–Crippen LogP) is 5.49. The van der Waals surface area contributed by atoms with Crippen LogP contribution in [0.2, 0.25) is 5.02 Å². The van der Waals surface area contributed by atoms with Crippen molar-refractivity contribution in [2.24, 2.45) is 0 Å². The molecule has 0 spiro atoms. The van der Waals surface area contributed by atoms with Crippen LogP contribution in [0.3, 0.4) is 0 Å². The Balaban J connectivity index is 0.00000272. The van der Waals surface area contributed by atoms with Gasteiger partial charge in [-0.2, -0.15) is 0 Å². The molecule has 4 rings (SSSR count). The molecule has 4 aromatic rings. The zero-order valence-corrected chi connectivity index (χ0v) is 17.6. The Bertz CT molecular complexity index is 1180. The standard InChI is InChI=1S/C22H19ClN4O2S.CH4/c23-18-8-20(30-21(18)12-29-11-15-9-25-13-26-10-15)19(28)4-2-14-1-3-17-16(7-14)5-6-27-22(17)24;/h1,3,5-10,13H,2,4,11-12H2,(H2,24,27);1H4. The third kappa shape index (κ3) is 5.64. The number of Topliss-reactive ketones (excluding diaryl/α,β-unsaturated/α-hetero) is 1. The number of aryl methyl sites for hydroxylation is 1. The van der Waals surface area contributed by atoms with Gasteiger partial charge in [0.1, 0.15) is 12.1 Å². The summed E-state index contributed by atoms with van der Waals surface area (Å²) in [5.74, 6) is 0.580. The molecule has 0 fully saturated rings. The molecule has 2 N–H and O–H groups in total. The van der Waals surface area contributed by atoms with Gasteiger partial charge in [0, 0.05) is 40.8 Å². The lowest BCUT2D eigenvalue weighted by Gasteiger charge is -2.05. The van der Waals surface area contributed by atoms with Crippen LogP contribution in [0, 0.1) is 0 Å². The Kier molecular flexibility index (Phi) is 7.68. The fraction of sp³-hybridized carbons (Fsp3) is 0.217. The average Bonchev–Trinajstić information content (AvgIpc) is 3.13. The van der Waals surface area contributed by atoms with Crippen molar-refractivity contribution in [3.8, 4) is 0 Å². The second kappa shape index (κ2) is 10.4. The van der Waals surface area contributed by atoms with Crippen LogP contribution in [-0.4, -0.2) is 20.7 Å². The second-order valence-electron chi connectivity index (χ2n) is 6.80. The summed E-state index contributed by atoms with van der Waals surface area (Å²) in [5, 5.41) is 2.50. The predicted molar refractivity (Wildman–Crippen MR) is 125 cm³/mol. The van der Waals surface area contributed by atoms with E-state index in [0.29, 0.717) is 41.8 Å². The lowest BCUT2D eigenvalue weighted by Crippen LogP contribution is -1.99. The summed E-state index contributed by atoms with van der Waals surface area (Å²) in [7, 11) is 0. The maximum Gasteiger partial charge on any atom is 0.173 e. The summed E-state index contributed by atoms with van der Waals surface area (Å²) < 4.78 is 5.68. The number of nitrogens with two attached hydrogens (primary N) is 1. The number of ketones is 1. The fourth-order valence-electron chi connectivity index (χ4n) is 3.10. The van der Waals surface area contributed by atoms with Gasteiger partial charge in [0.2, 0.25) is 0 Å². The number of carbonyl (C=O) groups excluding carboxylic acids is 1.